The molecule has 0 spiro atoms. The molecular formula is C12H24N4O2S. The molecule has 0 aliphatic rings. The number of hydrogen-bond donors (Lipinski definition) is 1. The van der Waals surface area contributed by atoms with Crippen LogP contribution in [0, 0.1) is 0 Å². The van der Waals surface area contributed by atoms with Gasteiger partial charge in [0, 0.05) is 39.1 Å². The summed E-state index contributed by atoms with van der Waals surface area (Å²) in [4.78, 5) is 2.35. The molecule has 0 aliphatic carbocycles. The van der Waals surface area contributed by atoms with E-state index in [0.717, 1.165) is 18.7 Å². The lowest BCUT2D eigenvalue weighted by molar-refractivity contribution is 0.370. The third-order valence-electron chi connectivity index (χ3n) is 3.08. The average Bonchev–Trinajstić information content (AvgIpc) is 2.70. The quantitative estimate of drug-likeness (QED) is 0.770. The van der Waals surface area contributed by atoms with Gasteiger partial charge in [-0.2, -0.15) is 0 Å². The van der Waals surface area contributed by atoms with E-state index in [-0.39, 0.29) is 0 Å². The molecule has 19 heavy (non-hydrogen) atoms. The lowest BCUT2D eigenvalue weighted by Crippen LogP contribution is -2.29. The summed E-state index contributed by atoms with van der Waals surface area (Å²) in [6.45, 7) is 1.70. The molecule has 0 saturated heterocycles. The number of nitrogens with zero attached hydrogens (tertiary/aromatic N) is 3. The third-order valence-corrected chi connectivity index (χ3v) is 4.90. The molecule has 0 aromatic carbocycles. The fraction of sp³-hybridized carbons (Fsp3) is 0.667. The van der Waals surface area contributed by atoms with Gasteiger partial charge in [-0.1, -0.05) is 0 Å². The summed E-state index contributed by atoms with van der Waals surface area (Å²) in [5, 5.41) is 0. The van der Waals surface area contributed by atoms with E-state index in [9.17, 15) is 8.42 Å². The van der Waals surface area contributed by atoms with Gasteiger partial charge in [-0.05, 0) is 33.1 Å². The van der Waals surface area contributed by atoms with Gasteiger partial charge in [0.05, 0.1) is 0 Å². The predicted molar refractivity (Wildman–Crippen MR) is 76.3 cm³/mol. The van der Waals surface area contributed by atoms with Gasteiger partial charge >= 0.3 is 0 Å². The topological polar surface area (TPSA) is 71.6 Å². The molecular weight excluding hydrogens is 264 g/mol. The first-order chi connectivity index (χ1) is 8.78. The summed E-state index contributed by atoms with van der Waals surface area (Å²) in [6.07, 6.45) is 2.42. The summed E-state index contributed by atoms with van der Waals surface area (Å²) in [5.41, 5.74) is 6.37. The summed E-state index contributed by atoms with van der Waals surface area (Å²) in [6, 6.07) is 1.64. The second-order valence-electron chi connectivity index (χ2n) is 4.97. The van der Waals surface area contributed by atoms with E-state index in [0.29, 0.717) is 18.0 Å². The number of nitrogens with two attached hydrogens (primary N) is 1. The molecule has 0 amide bonds. The van der Waals surface area contributed by atoms with E-state index < -0.39 is 10.0 Å². The summed E-state index contributed by atoms with van der Waals surface area (Å²) in [5.74, 6) is 0. The van der Waals surface area contributed by atoms with Crippen LogP contribution in [0.1, 0.15) is 12.1 Å². The zero-order valence-corrected chi connectivity index (χ0v) is 12.9. The summed E-state index contributed by atoms with van der Waals surface area (Å²) < 4.78 is 27.8. The zero-order chi connectivity index (χ0) is 14.6. The Balaban J connectivity index is 2.78. The van der Waals surface area contributed by atoms with Crippen LogP contribution in [0.3, 0.4) is 0 Å². The van der Waals surface area contributed by atoms with Crippen molar-refractivity contribution in [2.24, 2.45) is 12.8 Å². The second kappa shape index (κ2) is 6.51. The molecule has 1 aromatic rings. The summed E-state index contributed by atoms with van der Waals surface area (Å²) in [7, 11) is 3.94. The van der Waals surface area contributed by atoms with Gasteiger partial charge in [0.25, 0.3) is 0 Å². The SMILES string of the molecule is CN(C)CCCN(C)S(=O)(=O)c1cc(CN)n(C)c1. The van der Waals surface area contributed by atoms with E-state index >= 15 is 0 Å². The number of aromatic nitrogens is 1. The van der Waals surface area contributed by atoms with Crippen molar-refractivity contribution in [1.82, 2.24) is 13.8 Å². The Hall–Kier alpha value is -0.890. The smallest absolute Gasteiger partial charge is 0.244 e. The molecule has 0 bridgehead atoms. The molecule has 1 rings (SSSR count). The Morgan fingerprint density at radius 2 is 1.89 bits per heavy atom. The van der Waals surface area contributed by atoms with Crippen molar-refractivity contribution in [2.45, 2.75) is 17.9 Å². The maximum Gasteiger partial charge on any atom is 0.244 e. The Morgan fingerprint density at radius 3 is 2.37 bits per heavy atom. The van der Waals surface area contributed by atoms with Gasteiger partial charge in [-0.25, -0.2) is 12.7 Å². The Labute approximate surface area is 115 Å². The molecule has 7 heteroatoms. The van der Waals surface area contributed by atoms with E-state index in [2.05, 4.69) is 0 Å². The molecule has 0 fully saturated rings. The third kappa shape index (κ3) is 4.04. The molecule has 1 aromatic heterocycles. The van der Waals surface area contributed by atoms with E-state index in [1.165, 1.54) is 4.31 Å². The van der Waals surface area contributed by atoms with Crippen LogP contribution >= 0.6 is 0 Å². The normalized spacial score (nSPS) is 12.6. The molecule has 1 heterocycles. The number of rotatable bonds is 7. The number of aryl methyl sites for hydroxylation is 1. The van der Waals surface area contributed by atoms with Crippen LogP contribution in [0.2, 0.25) is 0 Å². The lowest BCUT2D eigenvalue weighted by atomic mass is 10.4. The highest BCUT2D eigenvalue weighted by molar-refractivity contribution is 7.89. The zero-order valence-electron chi connectivity index (χ0n) is 12.1. The first-order valence-electron chi connectivity index (χ1n) is 6.25. The standard InChI is InChI=1S/C12H24N4O2S/c1-14(2)6-5-7-16(4)19(17,18)12-8-11(9-13)15(3)10-12/h8,10H,5-7,9,13H2,1-4H3. The van der Waals surface area contributed by atoms with Gasteiger partial charge in [-0.3, -0.25) is 0 Å². The van der Waals surface area contributed by atoms with Gasteiger partial charge in [0.15, 0.2) is 0 Å². The van der Waals surface area contributed by atoms with E-state index in [4.69, 9.17) is 5.73 Å². The van der Waals surface area contributed by atoms with E-state index in [1.54, 1.807) is 30.9 Å². The van der Waals surface area contributed by atoms with Crippen molar-refractivity contribution in [3.05, 3.63) is 18.0 Å². The van der Waals surface area contributed by atoms with Crippen LogP contribution in [0.5, 0.6) is 0 Å². The fourth-order valence-electron chi connectivity index (χ4n) is 1.83. The maximum atomic E-state index is 12.3. The highest BCUT2D eigenvalue weighted by Gasteiger charge is 2.22. The Bertz CT molecular complexity index is 508. The van der Waals surface area contributed by atoms with Crippen LogP contribution in [0.4, 0.5) is 0 Å². The first-order valence-corrected chi connectivity index (χ1v) is 7.69. The van der Waals surface area contributed by atoms with Crippen molar-refractivity contribution in [1.29, 1.82) is 0 Å². The van der Waals surface area contributed by atoms with Gasteiger partial charge < -0.3 is 15.2 Å². The molecule has 0 atom stereocenters. The fourth-order valence-corrected chi connectivity index (χ4v) is 3.14. The average molecular weight is 288 g/mol. The molecule has 2 N–H and O–H groups in total. The van der Waals surface area contributed by atoms with Crippen molar-refractivity contribution >= 4 is 10.0 Å². The molecule has 0 unspecified atom stereocenters. The molecule has 0 saturated carbocycles. The first kappa shape index (κ1) is 16.2. The summed E-state index contributed by atoms with van der Waals surface area (Å²) >= 11 is 0. The predicted octanol–water partition coefficient (Wildman–Crippen LogP) is 0.0560. The highest BCUT2D eigenvalue weighted by atomic mass is 32.2. The van der Waals surface area contributed by atoms with E-state index in [1.807, 2.05) is 19.0 Å². The Kier molecular flexibility index (Phi) is 5.54. The minimum atomic E-state index is -3.41. The van der Waals surface area contributed by atoms with Gasteiger partial charge in [0.1, 0.15) is 4.90 Å². The minimum absolute atomic E-state index is 0.308. The Morgan fingerprint density at radius 1 is 1.26 bits per heavy atom. The van der Waals surface area contributed by atoms with Crippen LogP contribution in [-0.2, 0) is 23.6 Å². The van der Waals surface area contributed by atoms with Crippen LogP contribution in [-0.4, -0.2) is 56.4 Å². The molecule has 0 aliphatic heterocycles. The number of hydrogen-bond acceptors (Lipinski definition) is 4. The minimum Gasteiger partial charge on any atom is -0.352 e. The maximum absolute atomic E-state index is 12.3. The monoisotopic (exact) mass is 288 g/mol. The lowest BCUT2D eigenvalue weighted by Gasteiger charge is -2.17. The highest BCUT2D eigenvalue weighted by Crippen LogP contribution is 2.17. The van der Waals surface area contributed by atoms with Crippen molar-refractivity contribution in [3.63, 3.8) is 0 Å². The second-order valence-corrected chi connectivity index (χ2v) is 7.01. The van der Waals surface area contributed by atoms with Gasteiger partial charge in [-0.15, -0.1) is 0 Å². The van der Waals surface area contributed by atoms with Crippen LogP contribution < -0.4 is 5.73 Å². The van der Waals surface area contributed by atoms with Crippen molar-refractivity contribution < 1.29 is 8.42 Å². The van der Waals surface area contributed by atoms with Crippen LogP contribution in [0.25, 0.3) is 0 Å². The van der Waals surface area contributed by atoms with Crippen LogP contribution in [0.15, 0.2) is 17.2 Å². The molecule has 0 radical (unpaired) electrons. The molecule has 6 nitrogen and oxygen atoms in total. The van der Waals surface area contributed by atoms with Gasteiger partial charge in [0.2, 0.25) is 10.0 Å². The molecule has 110 valence electrons. The largest absolute Gasteiger partial charge is 0.352 e. The van der Waals surface area contributed by atoms with Crippen molar-refractivity contribution in [3.8, 4) is 0 Å². The number of sulfonamides is 1. The van der Waals surface area contributed by atoms with Crippen molar-refractivity contribution in [2.75, 3.05) is 34.2 Å².